The van der Waals surface area contributed by atoms with Crippen LogP contribution in [-0.4, -0.2) is 10.9 Å². The molecule has 0 aliphatic carbocycles. The van der Waals surface area contributed by atoms with Gasteiger partial charge in [0.15, 0.2) is 0 Å². The van der Waals surface area contributed by atoms with Crippen LogP contribution in [0.3, 0.4) is 0 Å². The molecule has 0 aliphatic heterocycles. The van der Waals surface area contributed by atoms with Crippen LogP contribution in [0.5, 0.6) is 0 Å². The first kappa shape index (κ1) is 9.99. The monoisotopic (exact) mass is 193 g/mol. The number of rotatable bonds is 1. The van der Waals surface area contributed by atoms with Gasteiger partial charge in [-0.05, 0) is 6.07 Å². The fraction of sp³-hybridized carbons (Fsp3) is 0.111. The third-order valence-corrected chi connectivity index (χ3v) is 1.36. The van der Waals surface area contributed by atoms with Gasteiger partial charge < -0.3 is 11.5 Å². The fourth-order valence-corrected chi connectivity index (χ4v) is 0.767. The van der Waals surface area contributed by atoms with E-state index in [0.717, 1.165) is 0 Å². The van der Waals surface area contributed by atoms with Crippen molar-refractivity contribution in [2.45, 2.75) is 6.42 Å². The Labute approximate surface area is 80.1 Å². The average Bonchev–Trinajstić information content (AvgIpc) is 2.10. The summed E-state index contributed by atoms with van der Waals surface area (Å²) in [6.45, 7) is 0. The molecule has 5 heteroatoms. The number of aromatic nitrogens is 1. The van der Waals surface area contributed by atoms with Gasteiger partial charge in [0.25, 0.3) is 0 Å². The van der Waals surface area contributed by atoms with Crippen molar-refractivity contribution < 1.29 is 9.18 Å². The Morgan fingerprint density at radius 3 is 2.93 bits per heavy atom. The number of halogens is 1. The molecule has 0 bridgehead atoms. The molecule has 1 rings (SSSR count). The number of carbonyl (C=O) groups excluding carboxylic acids is 1. The molecule has 1 aromatic heterocycles. The summed E-state index contributed by atoms with van der Waals surface area (Å²) in [5.74, 6) is 3.84. The second-order valence-electron chi connectivity index (χ2n) is 2.55. The number of hydrogen-bond donors (Lipinski definition) is 2. The first-order valence-corrected chi connectivity index (χ1v) is 3.78. The Bertz CT molecular complexity index is 420. The minimum atomic E-state index is -0.731. The molecule has 72 valence electrons. The second-order valence-corrected chi connectivity index (χ2v) is 2.55. The zero-order valence-corrected chi connectivity index (χ0v) is 7.25. The predicted molar refractivity (Wildman–Crippen MR) is 49.3 cm³/mol. The lowest BCUT2D eigenvalue weighted by Gasteiger charge is -1.94. The van der Waals surface area contributed by atoms with E-state index in [1.165, 1.54) is 12.3 Å². The molecule has 0 fully saturated rings. The van der Waals surface area contributed by atoms with Crippen molar-refractivity contribution in [2.75, 3.05) is 5.73 Å². The van der Waals surface area contributed by atoms with Crippen LogP contribution in [0, 0.1) is 17.8 Å². The lowest BCUT2D eigenvalue weighted by molar-refractivity contribution is -0.117. The van der Waals surface area contributed by atoms with Gasteiger partial charge in [0, 0.05) is 11.8 Å². The molecule has 14 heavy (non-hydrogen) atoms. The molecule has 1 amide bonds. The molecule has 1 aromatic rings. The molecule has 0 aliphatic rings. The van der Waals surface area contributed by atoms with Crippen molar-refractivity contribution in [1.29, 1.82) is 0 Å². The number of primary amides is 1. The highest BCUT2D eigenvalue weighted by Gasteiger charge is 1.98. The number of pyridine rings is 1. The summed E-state index contributed by atoms with van der Waals surface area (Å²) in [5, 5.41) is 0. The zero-order valence-electron chi connectivity index (χ0n) is 7.25. The highest BCUT2D eigenvalue weighted by atomic mass is 19.1. The summed E-state index contributed by atoms with van der Waals surface area (Å²) in [6, 6.07) is 1.34. The van der Waals surface area contributed by atoms with E-state index in [1.807, 2.05) is 0 Å². The number of amides is 1. The molecule has 0 aromatic carbocycles. The Kier molecular flexibility index (Phi) is 3.02. The van der Waals surface area contributed by atoms with E-state index in [1.54, 1.807) is 0 Å². The van der Waals surface area contributed by atoms with E-state index in [-0.39, 0.29) is 12.1 Å². The van der Waals surface area contributed by atoms with Gasteiger partial charge in [0.2, 0.25) is 11.9 Å². The van der Waals surface area contributed by atoms with Crippen LogP contribution in [0.4, 0.5) is 10.1 Å². The fourth-order valence-electron chi connectivity index (χ4n) is 0.767. The topological polar surface area (TPSA) is 82.0 Å². The van der Waals surface area contributed by atoms with Crippen molar-refractivity contribution in [2.24, 2.45) is 5.73 Å². The van der Waals surface area contributed by atoms with Gasteiger partial charge >= 0.3 is 0 Å². The van der Waals surface area contributed by atoms with Crippen LogP contribution in [0.15, 0.2) is 12.3 Å². The van der Waals surface area contributed by atoms with Gasteiger partial charge in [-0.1, -0.05) is 11.8 Å². The van der Waals surface area contributed by atoms with Gasteiger partial charge in [0.05, 0.1) is 12.1 Å². The van der Waals surface area contributed by atoms with Crippen LogP contribution >= 0.6 is 0 Å². The second kappa shape index (κ2) is 4.23. The molecular formula is C9H8FN3O. The summed E-state index contributed by atoms with van der Waals surface area (Å²) < 4.78 is 12.6. The van der Waals surface area contributed by atoms with E-state index in [0.29, 0.717) is 5.56 Å². The number of hydrogen-bond acceptors (Lipinski definition) is 3. The van der Waals surface area contributed by atoms with Crippen LogP contribution in [0.2, 0.25) is 0 Å². The SMILES string of the molecule is NC(=O)CC#Cc1cnc(F)c(N)c1. The number of nitrogen functional groups attached to an aromatic ring is 1. The summed E-state index contributed by atoms with van der Waals surface area (Å²) >= 11 is 0. The van der Waals surface area contributed by atoms with Gasteiger partial charge in [0.1, 0.15) is 0 Å². The van der Waals surface area contributed by atoms with Crippen molar-refractivity contribution in [3.05, 3.63) is 23.8 Å². The predicted octanol–water partition coefficient (Wildman–Crippen LogP) is 0.0298. The van der Waals surface area contributed by atoms with Crippen LogP contribution in [0.1, 0.15) is 12.0 Å². The Morgan fingerprint density at radius 2 is 2.36 bits per heavy atom. The Balaban J connectivity index is 2.81. The quantitative estimate of drug-likeness (QED) is 0.487. The van der Waals surface area contributed by atoms with Gasteiger partial charge in [-0.25, -0.2) is 4.98 Å². The normalized spacial score (nSPS) is 8.93. The summed E-state index contributed by atoms with van der Waals surface area (Å²) in [7, 11) is 0. The molecule has 4 N–H and O–H groups in total. The number of nitrogens with zero attached hydrogens (tertiary/aromatic N) is 1. The zero-order chi connectivity index (χ0) is 10.6. The van der Waals surface area contributed by atoms with Crippen LogP contribution in [-0.2, 0) is 4.79 Å². The maximum atomic E-state index is 12.6. The third-order valence-electron chi connectivity index (χ3n) is 1.36. The van der Waals surface area contributed by atoms with Crippen molar-refractivity contribution >= 4 is 11.6 Å². The molecule has 0 saturated heterocycles. The maximum Gasteiger partial charge on any atom is 0.236 e. The summed E-state index contributed by atoms with van der Waals surface area (Å²) in [6.07, 6.45) is 1.19. The molecule has 0 saturated carbocycles. The minimum Gasteiger partial charge on any atom is -0.395 e. The van der Waals surface area contributed by atoms with E-state index >= 15 is 0 Å². The molecule has 0 radical (unpaired) electrons. The van der Waals surface area contributed by atoms with E-state index in [2.05, 4.69) is 16.8 Å². The standard InChI is InChI=1S/C9H8FN3O/c10-9-7(11)4-6(5-13-9)2-1-3-8(12)14/h4-5H,3,11H2,(H2,12,14). The van der Waals surface area contributed by atoms with E-state index in [4.69, 9.17) is 11.5 Å². The molecular weight excluding hydrogens is 185 g/mol. The molecule has 0 atom stereocenters. The largest absolute Gasteiger partial charge is 0.395 e. The van der Waals surface area contributed by atoms with Gasteiger partial charge in [-0.3, -0.25) is 4.79 Å². The number of carbonyl (C=O) groups is 1. The summed E-state index contributed by atoms with van der Waals surface area (Å²) in [5.41, 5.74) is 10.5. The smallest absolute Gasteiger partial charge is 0.236 e. The van der Waals surface area contributed by atoms with Gasteiger partial charge in [-0.2, -0.15) is 4.39 Å². The maximum absolute atomic E-state index is 12.6. The van der Waals surface area contributed by atoms with E-state index < -0.39 is 11.9 Å². The third kappa shape index (κ3) is 2.75. The lowest BCUT2D eigenvalue weighted by atomic mass is 10.2. The van der Waals surface area contributed by atoms with E-state index in [9.17, 15) is 9.18 Å². The highest BCUT2D eigenvalue weighted by molar-refractivity contribution is 5.76. The number of nitrogens with two attached hydrogens (primary N) is 2. The molecule has 4 nitrogen and oxygen atoms in total. The average molecular weight is 193 g/mol. The van der Waals surface area contributed by atoms with Crippen molar-refractivity contribution in [3.8, 4) is 11.8 Å². The summed E-state index contributed by atoms with van der Waals surface area (Å²) in [4.78, 5) is 13.7. The van der Waals surface area contributed by atoms with Crippen molar-refractivity contribution in [1.82, 2.24) is 4.98 Å². The number of anilines is 1. The Hall–Kier alpha value is -2.09. The highest BCUT2D eigenvalue weighted by Crippen LogP contribution is 2.07. The Morgan fingerprint density at radius 1 is 1.64 bits per heavy atom. The van der Waals surface area contributed by atoms with Crippen molar-refractivity contribution in [3.63, 3.8) is 0 Å². The first-order valence-electron chi connectivity index (χ1n) is 3.78. The first-order chi connectivity index (χ1) is 6.59. The van der Waals surface area contributed by atoms with Gasteiger partial charge in [-0.15, -0.1) is 0 Å². The molecule has 1 heterocycles. The van der Waals surface area contributed by atoms with Crippen LogP contribution < -0.4 is 11.5 Å². The molecule has 0 unspecified atom stereocenters. The van der Waals surface area contributed by atoms with Crippen LogP contribution in [0.25, 0.3) is 0 Å². The molecule has 0 spiro atoms. The lowest BCUT2D eigenvalue weighted by Crippen LogP contribution is -2.08. The minimum absolute atomic E-state index is 0.0444.